The highest BCUT2D eigenvalue weighted by Gasteiger charge is 2.21. The number of aliphatic carboxylic acids is 1. The molecule has 4 rings (SSSR count). The number of benzene rings is 2. The third-order valence-corrected chi connectivity index (χ3v) is 6.18. The summed E-state index contributed by atoms with van der Waals surface area (Å²) in [6, 6.07) is 14.4. The zero-order valence-corrected chi connectivity index (χ0v) is 19.5. The molecule has 0 radical (unpaired) electrons. The standard InChI is InChI=1S/C27H31N3O3/c1-18(12-26(31)32)15-30-11-10-24-23(16-30)14-28-27(29-24)21-8-9-25(20(3)13-21)33-17-22-7-5-4-6-19(22)2/h4-9,13-14,18H,10-12,15-17H2,1-3H3,(H,31,32). The van der Waals surface area contributed by atoms with Gasteiger partial charge in [-0.1, -0.05) is 31.2 Å². The van der Waals surface area contributed by atoms with Crippen LogP contribution in [-0.4, -0.2) is 39.0 Å². The van der Waals surface area contributed by atoms with E-state index >= 15 is 0 Å². The molecule has 0 saturated heterocycles. The lowest BCUT2D eigenvalue weighted by Crippen LogP contribution is -2.35. The van der Waals surface area contributed by atoms with Gasteiger partial charge in [-0.2, -0.15) is 0 Å². The first kappa shape index (κ1) is 22.9. The van der Waals surface area contributed by atoms with E-state index in [1.807, 2.05) is 44.3 Å². The molecule has 0 aliphatic carbocycles. The normalized spacial score (nSPS) is 14.5. The number of aryl methyl sites for hydroxylation is 2. The van der Waals surface area contributed by atoms with Crippen molar-refractivity contribution in [2.24, 2.45) is 5.92 Å². The summed E-state index contributed by atoms with van der Waals surface area (Å²) in [7, 11) is 0. The number of fused-ring (bicyclic) bond motifs is 1. The number of carboxylic acid groups (broad SMARTS) is 1. The van der Waals surface area contributed by atoms with Crippen LogP contribution in [0.3, 0.4) is 0 Å². The van der Waals surface area contributed by atoms with Gasteiger partial charge in [-0.05, 0) is 54.7 Å². The summed E-state index contributed by atoms with van der Waals surface area (Å²) in [4.78, 5) is 22.7. The van der Waals surface area contributed by atoms with Crippen LogP contribution in [0.5, 0.6) is 5.75 Å². The molecule has 2 heterocycles. The number of aromatic nitrogens is 2. The van der Waals surface area contributed by atoms with Gasteiger partial charge in [0, 0.05) is 49.8 Å². The smallest absolute Gasteiger partial charge is 0.303 e. The summed E-state index contributed by atoms with van der Waals surface area (Å²) in [6.45, 7) is 9.10. The molecule has 1 aliphatic heterocycles. The van der Waals surface area contributed by atoms with E-state index < -0.39 is 5.97 Å². The Kier molecular flexibility index (Phi) is 7.04. The SMILES string of the molecule is Cc1ccccc1COc1ccc(-c2ncc3c(n2)CCN(CC(C)CC(=O)O)C3)cc1C. The number of carbonyl (C=O) groups is 1. The van der Waals surface area contributed by atoms with Crippen molar-refractivity contribution in [2.45, 2.75) is 46.8 Å². The first-order chi connectivity index (χ1) is 15.9. The Morgan fingerprint density at radius 2 is 2.00 bits per heavy atom. The van der Waals surface area contributed by atoms with Gasteiger partial charge < -0.3 is 9.84 Å². The first-order valence-electron chi connectivity index (χ1n) is 11.5. The molecule has 3 aromatic rings. The van der Waals surface area contributed by atoms with Crippen molar-refractivity contribution in [3.8, 4) is 17.1 Å². The van der Waals surface area contributed by atoms with E-state index in [-0.39, 0.29) is 12.3 Å². The topological polar surface area (TPSA) is 75.6 Å². The molecule has 0 saturated carbocycles. The van der Waals surface area contributed by atoms with Crippen LogP contribution in [0, 0.1) is 19.8 Å². The van der Waals surface area contributed by atoms with E-state index in [4.69, 9.17) is 14.8 Å². The Morgan fingerprint density at radius 3 is 2.76 bits per heavy atom. The molecule has 1 atom stereocenters. The zero-order valence-electron chi connectivity index (χ0n) is 19.5. The predicted octanol–water partition coefficient (Wildman–Crippen LogP) is 4.81. The van der Waals surface area contributed by atoms with E-state index in [1.54, 1.807) is 0 Å². The Balaban J connectivity index is 1.42. The fraction of sp³-hybridized carbons (Fsp3) is 0.370. The van der Waals surface area contributed by atoms with Crippen LogP contribution in [0.15, 0.2) is 48.7 Å². The van der Waals surface area contributed by atoms with Crippen LogP contribution in [-0.2, 0) is 24.4 Å². The summed E-state index contributed by atoms with van der Waals surface area (Å²) >= 11 is 0. The van der Waals surface area contributed by atoms with E-state index in [1.165, 1.54) is 11.1 Å². The number of nitrogens with zero attached hydrogens (tertiary/aromatic N) is 3. The molecule has 1 aromatic heterocycles. The van der Waals surface area contributed by atoms with Gasteiger partial charge >= 0.3 is 5.97 Å². The van der Waals surface area contributed by atoms with Crippen molar-refractivity contribution >= 4 is 5.97 Å². The van der Waals surface area contributed by atoms with Gasteiger partial charge in [-0.15, -0.1) is 0 Å². The van der Waals surface area contributed by atoms with Gasteiger partial charge in [0.2, 0.25) is 0 Å². The van der Waals surface area contributed by atoms with Crippen LogP contribution in [0.1, 0.15) is 41.3 Å². The molecule has 6 heteroatoms. The molecule has 6 nitrogen and oxygen atoms in total. The minimum Gasteiger partial charge on any atom is -0.489 e. The summed E-state index contributed by atoms with van der Waals surface area (Å²) in [5, 5.41) is 8.99. The third-order valence-electron chi connectivity index (χ3n) is 6.18. The number of carboxylic acids is 1. The Labute approximate surface area is 195 Å². The lowest BCUT2D eigenvalue weighted by molar-refractivity contribution is -0.138. The fourth-order valence-corrected chi connectivity index (χ4v) is 4.35. The Bertz CT molecular complexity index is 1150. The highest BCUT2D eigenvalue weighted by Crippen LogP contribution is 2.27. The highest BCUT2D eigenvalue weighted by molar-refractivity contribution is 5.67. The number of ether oxygens (including phenoxy) is 1. The van der Waals surface area contributed by atoms with Crippen LogP contribution < -0.4 is 4.74 Å². The fourth-order valence-electron chi connectivity index (χ4n) is 4.35. The Hall–Kier alpha value is -3.25. The van der Waals surface area contributed by atoms with Gasteiger partial charge in [0.15, 0.2) is 5.82 Å². The summed E-state index contributed by atoms with van der Waals surface area (Å²) < 4.78 is 6.07. The van der Waals surface area contributed by atoms with Gasteiger partial charge in [0.05, 0.1) is 5.69 Å². The van der Waals surface area contributed by atoms with Crippen LogP contribution in [0.2, 0.25) is 0 Å². The second-order valence-electron chi connectivity index (χ2n) is 9.05. The molecule has 0 amide bonds. The van der Waals surface area contributed by atoms with Crippen molar-refractivity contribution in [1.29, 1.82) is 0 Å². The number of hydrogen-bond donors (Lipinski definition) is 1. The van der Waals surface area contributed by atoms with Crippen molar-refractivity contribution < 1.29 is 14.6 Å². The van der Waals surface area contributed by atoms with E-state index in [0.717, 1.165) is 60.0 Å². The second-order valence-corrected chi connectivity index (χ2v) is 9.05. The lowest BCUT2D eigenvalue weighted by atomic mass is 10.0. The Morgan fingerprint density at radius 1 is 1.18 bits per heavy atom. The molecule has 1 aliphatic rings. The van der Waals surface area contributed by atoms with Gasteiger partial charge in [0.25, 0.3) is 0 Å². The minimum atomic E-state index is -0.741. The average molecular weight is 446 g/mol. The highest BCUT2D eigenvalue weighted by atomic mass is 16.5. The molecule has 1 unspecified atom stereocenters. The van der Waals surface area contributed by atoms with Gasteiger partial charge in [-0.25, -0.2) is 9.97 Å². The average Bonchev–Trinajstić information content (AvgIpc) is 2.78. The molecule has 1 N–H and O–H groups in total. The summed E-state index contributed by atoms with van der Waals surface area (Å²) in [5.41, 5.74) is 6.66. The van der Waals surface area contributed by atoms with E-state index in [2.05, 4.69) is 35.0 Å². The lowest BCUT2D eigenvalue weighted by Gasteiger charge is -2.29. The maximum Gasteiger partial charge on any atom is 0.303 e. The second kappa shape index (κ2) is 10.1. The third kappa shape index (κ3) is 5.76. The largest absolute Gasteiger partial charge is 0.489 e. The van der Waals surface area contributed by atoms with E-state index in [9.17, 15) is 4.79 Å². The quantitative estimate of drug-likeness (QED) is 0.536. The molecule has 2 aromatic carbocycles. The number of hydrogen-bond acceptors (Lipinski definition) is 5. The van der Waals surface area contributed by atoms with Gasteiger partial charge in [0.1, 0.15) is 12.4 Å². The first-order valence-corrected chi connectivity index (χ1v) is 11.5. The predicted molar refractivity (Wildman–Crippen MR) is 128 cm³/mol. The van der Waals surface area contributed by atoms with Gasteiger partial charge in [-0.3, -0.25) is 9.69 Å². The van der Waals surface area contributed by atoms with Crippen molar-refractivity contribution in [1.82, 2.24) is 14.9 Å². The van der Waals surface area contributed by atoms with Crippen LogP contribution in [0.25, 0.3) is 11.4 Å². The molecule has 0 bridgehead atoms. The van der Waals surface area contributed by atoms with E-state index in [0.29, 0.717) is 6.61 Å². The van der Waals surface area contributed by atoms with Crippen molar-refractivity contribution in [3.05, 3.63) is 76.6 Å². The number of rotatable bonds is 8. The van der Waals surface area contributed by atoms with Crippen LogP contribution in [0.4, 0.5) is 0 Å². The molecule has 33 heavy (non-hydrogen) atoms. The van der Waals surface area contributed by atoms with Crippen molar-refractivity contribution in [3.63, 3.8) is 0 Å². The maximum absolute atomic E-state index is 10.9. The molecule has 0 spiro atoms. The molecular weight excluding hydrogens is 414 g/mol. The zero-order chi connectivity index (χ0) is 23.4. The van der Waals surface area contributed by atoms with Crippen molar-refractivity contribution in [2.75, 3.05) is 13.1 Å². The molecular formula is C27H31N3O3. The maximum atomic E-state index is 10.9. The summed E-state index contributed by atoms with van der Waals surface area (Å²) in [6.07, 6.45) is 2.97. The summed E-state index contributed by atoms with van der Waals surface area (Å²) in [5.74, 6) is 0.981. The minimum absolute atomic E-state index is 0.124. The molecule has 172 valence electrons. The molecule has 0 fully saturated rings. The monoisotopic (exact) mass is 445 g/mol. The van der Waals surface area contributed by atoms with Crippen LogP contribution >= 0.6 is 0 Å².